The summed E-state index contributed by atoms with van der Waals surface area (Å²) < 4.78 is 5.27. The van der Waals surface area contributed by atoms with E-state index in [1.807, 2.05) is 24.3 Å². The first-order chi connectivity index (χ1) is 8.33. The molecule has 84 valence electrons. The largest absolute Gasteiger partial charge is 0.508 e. The second-order valence-electron chi connectivity index (χ2n) is 3.69. The molecule has 0 fully saturated rings. The number of furan rings is 1. The summed E-state index contributed by atoms with van der Waals surface area (Å²) in [4.78, 5) is 0. The SMILES string of the molecule is Oc1cccc(-c2cc(-c3ccco3)[nH]n2)c1. The average Bonchev–Trinajstić information content (AvgIpc) is 3.00. The number of aromatic hydroxyl groups is 1. The van der Waals surface area contributed by atoms with Crippen LogP contribution in [0.25, 0.3) is 22.7 Å². The average molecular weight is 226 g/mol. The van der Waals surface area contributed by atoms with Crippen molar-refractivity contribution in [1.29, 1.82) is 0 Å². The van der Waals surface area contributed by atoms with Crippen molar-refractivity contribution in [2.75, 3.05) is 0 Å². The Kier molecular flexibility index (Phi) is 2.19. The molecule has 0 saturated heterocycles. The number of aromatic amines is 1. The Bertz CT molecular complexity index is 626. The van der Waals surface area contributed by atoms with Crippen molar-refractivity contribution in [3.63, 3.8) is 0 Å². The smallest absolute Gasteiger partial charge is 0.151 e. The molecule has 4 heteroatoms. The monoisotopic (exact) mass is 226 g/mol. The van der Waals surface area contributed by atoms with Crippen molar-refractivity contribution in [1.82, 2.24) is 10.2 Å². The van der Waals surface area contributed by atoms with Gasteiger partial charge in [0.2, 0.25) is 0 Å². The third-order valence-electron chi connectivity index (χ3n) is 2.51. The molecular weight excluding hydrogens is 216 g/mol. The first-order valence-electron chi connectivity index (χ1n) is 5.21. The van der Waals surface area contributed by atoms with Gasteiger partial charge in [-0.05, 0) is 30.3 Å². The van der Waals surface area contributed by atoms with Gasteiger partial charge in [0, 0.05) is 5.56 Å². The molecular formula is C13H10N2O2. The number of phenols is 1. The lowest BCUT2D eigenvalue weighted by Crippen LogP contribution is -1.76. The van der Waals surface area contributed by atoms with Crippen LogP contribution in [-0.2, 0) is 0 Å². The molecule has 2 aromatic heterocycles. The van der Waals surface area contributed by atoms with Crippen LogP contribution >= 0.6 is 0 Å². The maximum absolute atomic E-state index is 9.41. The minimum atomic E-state index is 0.227. The third kappa shape index (κ3) is 1.80. The van der Waals surface area contributed by atoms with Crippen molar-refractivity contribution in [2.45, 2.75) is 0 Å². The second-order valence-corrected chi connectivity index (χ2v) is 3.69. The van der Waals surface area contributed by atoms with Gasteiger partial charge in [0.1, 0.15) is 11.4 Å². The summed E-state index contributed by atoms with van der Waals surface area (Å²) in [7, 11) is 0. The van der Waals surface area contributed by atoms with E-state index in [9.17, 15) is 5.11 Å². The fourth-order valence-electron chi connectivity index (χ4n) is 1.69. The van der Waals surface area contributed by atoms with Gasteiger partial charge in [-0.25, -0.2) is 0 Å². The topological polar surface area (TPSA) is 62.1 Å². The number of aromatic nitrogens is 2. The van der Waals surface area contributed by atoms with Crippen molar-refractivity contribution in [2.24, 2.45) is 0 Å². The molecule has 2 N–H and O–H groups in total. The van der Waals surface area contributed by atoms with Gasteiger partial charge in [-0.2, -0.15) is 5.10 Å². The summed E-state index contributed by atoms with van der Waals surface area (Å²) in [5.74, 6) is 0.967. The van der Waals surface area contributed by atoms with Gasteiger partial charge in [-0.1, -0.05) is 12.1 Å². The Hall–Kier alpha value is -2.49. The predicted molar refractivity (Wildman–Crippen MR) is 63.4 cm³/mol. The molecule has 0 aliphatic carbocycles. The summed E-state index contributed by atoms with van der Waals surface area (Å²) in [5, 5.41) is 16.5. The minimum Gasteiger partial charge on any atom is -0.508 e. The molecule has 0 spiro atoms. The number of nitrogens with zero attached hydrogens (tertiary/aromatic N) is 1. The van der Waals surface area contributed by atoms with Crippen molar-refractivity contribution < 1.29 is 9.52 Å². The van der Waals surface area contributed by atoms with Crippen LogP contribution in [-0.4, -0.2) is 15.3 Å². The van der Waals surface area contributed by atoms with Crippen molar-refractivity contribution in [3.05, 3.63) is 48.7 Å². The number of hydrogen-bond acceptors (Lipinski definition) is 3. The molecule has 4 nitrogen and oxygen atoms in total. The number of H-pyrrole nitrogens is 1. The van der Waals surface area contributed by atoms with E-state index in [1.54, 1.807) is 24.5 Å². The van der Waals surface area contributed by atoms with E-state index in [4.69, 9.17) is 4.42 Å². The lowest BCUT2D eigenvalue weighted by molar-refractivity contribution is 0.475. The van der Waals surface area contributed by atoms with E-state index in [0.29, 0.717) is 0 Å². The van der Waals surface area contributed by atoms with E-state index in [1.165, 1.54) is 0 Å². The number of hydrogen-bond donors (Lipinski definition) is 2. The summed E-state index contributed by atoms with van der Waals surface area (Å²) in [6.07, 6.45) is 1.62. The highest BCUT2D eigenvalue weighted by molar-refractivity contribution is 5.66. The van der Waals surface area contributed by atoms with Gasteiger partial charge >= 0.3 is 0 Å². The summed E-state index contributed by atoms with van der Waals surface area (Å²) >= 11 is 0. The molecule has 2 heterocycles. The Morgan fingerprint density at radius 3 is 2.82 bits per heavy atom. The van der Waals surface area contributed by atoms with E-state index in [2.05, 4.69) is 10.2 Å². The van der Waals surface area contributed by atoms with Crippen LogP contribution in [0.2, 0.25) is 0 Å². The van der Waals surface area contributed by atoms with Crippen LogP contribution in [0.15, 0.2) is 53.1 Å². The normalized spacial score (nSPS) is 10.6. The van der Waals surface area contributed by atoms with Gasteiger partial charge in [-0.3, -0.25) is 5.10 Å². The first-order valence-corrected chi connectivity index (χ1v) is 5.21. The molecule has 0 atom stereocenters. The van der Waals surface area contributed by atoms with Crippen LogP contribution in [0.1, 0.15) is 0 Å². The fraction of sp³-hybridized carbons (Fsp3) is 0. The molecule has 0 bridgehead atoms. The fourth-order valence-corrected chi connectivity index (χ4v) is 1.69. The Labute approximate surface area is 97.5 Å². The van der Waals surface area contributed by atoms with Crippen LogP contribution < -0.4 is 0 Å². The molecule has 0 saturated carbocycles. The quantitative estimate of drug-likeness (QED) is 0.706. The number of phenolic OH excluding ortho intramolecular Hbond substituents is 1. The summed E-state index contributed by atoms with van der Waals surface area (Å²) in [6, 6.07) is 12.5. The van der Waals surface area contributed by atoms with Gasteiger partial charge in [0.15, 0.2) is 5.76 Å². The van der Waals surface area contributed by atoms with Gasteiger partial charge in [0.05, 0.1) is 12.0 Å². The number of benzene rings is 1. The lowest BCUT2D eigenvalue weighted by atomic mass is 10.1. The molecule has 1 aromatic carbocycles. The summed E-state index contributed by atoms with van der Waals surface area (Å²) in [5.41, 5.74) is 2.44. The number of rotatable bonds is 2. The highest BCUT2D eigenvalue weighted by atomic mass is 16.3. The Morgan fingerprint density at radius 1 is 1.12 bits per heavy atom. The van der Waals surface area contributed by atoms with Crippen LogP contribution in [0.5, 0.6) is 5.75 Å². The van der Waals surface area contributed by atoms with Crippen molar-refractivity contribution >= 4 is 0 Å². The highest BCUT2D eigenvalue weighted by Gasteiger charge is 2.07. The Morgan fingerprint density at radius 2 is 2.06 bits per heavy atom. The minimum absolute atomic E-state index is 0.227. The van der Waals surface area contributed by atoms with E-state index < -0.39 is 0 Å². The van der Waals surface area contributed by atoms with E-state index >= 15 is 0 Å². The third-order valence-corrected chi connectivity index (χ3v) is 2.51. The molecule has 0 aliphatic heterocycles. The standard InChI is InChI=1S/C13H10N2O2/c16-10-4-1-3-9(7-10)11-8-12(15-14-11)13-5-2-6-17-13/h1-8,16H,(H,14,15). The zero-order chi connectivity index (χ0) is 11.7. The molecule has 3 aromatic rings. The zero-order valence-electron chi connectivity index (χ0n) is 8.92. The van der Waals surface area contributed by atoms with E-state index in [-0.39, 0.29) is 5.75 Å². The summed E-state index contributed by atoms with van der Waals surface area (Å²) in [6.45, 7) is 0. The van der Waals surface area contributed by atoms with Gasteiger partial charge in [0.25, 0.3) is 0 Å². The Balaban J connectivity index is 2.01. The molecule has 3 rings (SSSR count). The maximum atomic E-state index is 9.41. The molecule has 0 aliphatic rings. The van der Waals surface area contributed by atoms with E-state index in [0.717, 1.165) is 22.7 Å². The lowest BCUT2D eigenvalue weighted by Gasteiger charge is -1.95. The molecule has 0 radical (unpaired) electrons. The van der Waals surface area contributed by atoms with Crippen LogP contribution in [0, 0.1) is 0 Å². The molecule has 0 amide bonds. The van der Waals surface area contributed by atoms with Crippen LogP contribution in [0.4, 0.5) is 0 Å². The van der Waals surface area contributed by atoms with Gasteiger partial charge in [-0.15, -0.1) is 0 Å². The van der Waals surface area contributed by atoms with Crippen LogP contribution in [0.3, 0.4) is 0 Å². The first kappa shape index (κ1) is 9.72. The predicted octanol–water partition coefficient (Wildman–Crippen LogP) is 3.04. The highest BCUT2D eigenvalue weighted by Crippen LogP contribution is 2.25. The zero-order valence-corrected chi connectivity index (χ0v) is 8.92. The molecule has 0 unspecified atom stereocenters. The molecule has 17 heavy (non-hydrogen) atoms. The van der Waals surface area contributed by atoms with Gasteiger partial charge < -0.3 is 9.52 Å². The second kappa shape index (κ2) is 3.83. The van der Waals surface area contributed by atoms with Crippen molar-refractivity contribution in [3.8, 4) is 28.5 Å². The number of nitrogens with one attached hydrogen (secondary N) is 1. The maximum Gasteiger partial charge on any atom is 0.151 e.